The van der Waals surface area contributed by atoms with Gasteiger partial charge in [-0.25, -0.2) is 0 Å². The smallest absolute Gasteiger partial charge is 0.220 e. The van der Waals surface area contributed by atoms with Crippen LogP contribution in [-0.2, 0) is 4.79 Å². The maximum atomic E-state index is 11.2. The number of rotatable bonds is 0. The molecule has 136 valence electrons. The number of nitrogens with one attached hydrogen (secondary N) is 1. The van der Waals surface area contributed by atoms with E-state index in [1.807, 2.05) is 11.8 Å². The summed E-state index contributed by atoms with van der Waals surface area (Å²) >= 11 is 4.18. The van der Waals surface area contributed by atoms with E-state index in [9.17, 15) is 4.79 Å². The lowest BCUT2D eigenvalue weighted by Gasteiger charge is -2.30. The Balaban J connectivity index is 0.000000235. The molecule has 3 saturated heterocycles. The van der Waals surface area contributed by atoms with Crippen molar-refractivity contribution < 1.29 is 4.79 Å². The fraction of sp³-hybridized carbons (Fsp3) is 0.947. The number of amides is 1. The number of carbonyl (C=O) groups is 1. The first-order valence-corrected chi connectivity index (χ1v) is 10.7. The van der Waals surface area contributed by atoms with Gasteiger partial charge in [0.1, 0.15) is 0 Å². The predicted molar refractivity (Wildman–Crippen MR) is 107 cm³/mol. The monoisotopic (exact) mass is 359 g/mol. The molecule has 1 amide bonds. The summed E-state index contributed by atoms with van der Waals surface area (Å²) in [4.78, 5) is 11.2. The molecule has 0 aromatic rings. The predicted octanol–water partition coefficient (Wildman–Crippen LogP) is 5.22. The zero-order valence-corrected chi connectivity index (χ0v) is 16.7. The Bertz CT molecular complexity index is 391. The molecule has 4 unspecified atom stereocenters. The molecule has 0 spiro atoms. The van der Waals surface area contributed by atoms with Gasteiger partial charge in [-0.05, 0) is 41.1 Å². The first-order chi connectivity index (χ1) is 10.1. The van der Waals surface area contributed by atoms with Crippen LogP contribution in [0, 0.1) is 16.7 Å². The standard InChI is InChI=1S/C10H17NOS.C8H16S.CH4/c1-10(2,3)9-8-6(5-13-9)4-7(12)11-8;1-8(2,3)7-5-4-6-9-7;/h6,8-9H,4-5H2,1-3H3,(H,11,12);7H,4-6H2,1-3H3;1H4. The van der Waals surface area contributed by atoms with Gasteiger partial charge in [0.05, 0.1) is 0 Å². The highest BCUT2D eigenvalue weighted by atomic mass is 32.2. The van der Waals surface area contributed by atoms with Crippen molar-refractivity contribution >= 4 is 29.4 Å². The SMILES string of the molecule is C.CC(C)(C)C1CCCS1.CC(C)(C)C1SCC2CC(=O)NC21. The van der Waals surface area contributed by atoms with E-state index in [0.717, 1.165) is 17.4 Å². The fourth-order valence-electron chi connectivity index (χ4n) is 3.59. The Kier molecular flexibility index (Phi) is 7.41. The van der Waals surface area contributed by atoms with Crippen LogP contribution in [0.15, 0.2) is 0 Å². The van der Waals surface area contributed by atoms with Crippen LogP contribution in [0.2, 0.25) is 0 Å². The minimum Gasteiger partial charge on any atom is -0.352 e. The molecule has 0 aliphatic carbocycles. The molecule has 0 bridgehead atoms. The maximum absolute atomic E-state index is 11.2. The van der Waals surface area contributed by atoms with Crippen LogP contribution < -0.4 is 5.32 Å². The van der Waals surface area contributed by atoms with Crippen molar-refractivity contribution in [1.29, 1.82) is 0 Å². The zero-order valence-electron chi connectivity index (χ0n) is 15.1. The largest absolute Gasteiger partial charge is 0.352 e. The van der Waals surface area contributed by atoms with Crippen molar-refractivity contribution in [3.8, 4) is 0 Å². The molecule has 3 fully saturated rings. The first-order valence-electron chi connectivity index (χ1n) is 8.61. The second-order valence-corrected chi connectivity index (χ2v) is 11.5. The molecule has 3 heterocycles. The van der Waals surface area contributed by atoms with Gasteiger partial charge in [0.25, 0.3) is 0 Å². The second kappa shape index (κ2) is 8.03. The number of carbonyl (C=O) groups excluding carboxylic acids is 1. The normalized spacial score (nSPS) is 33.4. The van der Waals surface area contributed by atoms with Gasteiger partial charge in [-0.1, -0.05) is 49.0 Å². The Morgan fingerprint density at radius 2 is 1.70 bits per heavy atom. The maximum Gasteiger partial charge on any atom is 0.220 e. The highest BCUT2D eigenvalue weighted by Gasteiger charge is 2.47. The lowest BCUT2D eigenvalue weighted by molar-refractivity contribution is -0.119. The minimum atomic E-state index is 0. The van der Waals surface area contributed by atoms with E-state index in [-0.39, 0.29) is 13.3 Å². The van der Waals surface area contributed by atoms with Gasteiger partial charge < -0.3 is 5.32 Å². The van der Waals surface area contributed by atoms with Crippen molar-refractivity contribution in [2.75, 3.05) is 11.5 Å². The summed E-state index contributed by atoms with van der Waals surface area (Å²) in [6.07, 6.45) is 3.63. The molecule has 3 aliphatic rings. The molecule has 2 nitrogen and oxygen atoms in total. The molecular formula is C19H37NOS2. The summed E-state index contributed by atoms with van der Waals surface area (Å²) in [6.45, 7) is 13.8. The lowest BCUT2D eigenvalue weighted by atomic mass is 9.84. The minimum absolute atomic E-state index is 0. The Morgan fingerprint density at radius 3 is 2.13 bits per heavy atom. The third-order valence-corrected chi connectivity index (χ3v) is 8.70. The van der Waals surface area contributed by atoms with Crippen molar-refractivity contribution in [3.63, 3.8) is 0 Å². The highest BCUT2D eigenvalue weighted by molar-refractivity contribution is 8.00. The van der Waals surface area contributed by atoms with Crippen LogP contribution in [0.25, 0.3) is 0 Å². The number of fused-ring (bicyclic) bond motifs is 1. The second-order valence-electron chi connectivity index (χ2n) is 9.05. The first kappa shape index (κ1) is 21.2. The van der Waals surface area contributed by atoms with Gasteiger partial charge in [0.2, 0.25) is 5.91 Å². The Hall–Kier alpha value is 0.170. The van der Waals surface area contributed by atoms with Gasteiger partial charge in [0, 0.05) is 23.0 Å². The summed E-state index contributed by atoms with van der Waals surface area (Å²) < 4.78 is 0. The molecule has 0 aromatic heterocycles. The quantitative estimate of drug-likeness (QED) is 0.643. The van der Waals surface area contributed by atoms with E-state index in [0.29, 0.717) is 28.0 Å². The van der Waals surface area contributed by atoms with Crippen LogP contribution in [0.3, 0.4) is 0 Å². The summed E-state index contributed by atoms with van der Waals surface area (Å²) in [6, 6.07) is 0.442. The van der Waals surface area contributed by atoms with Gasteiger partial charge >= 0.3 is 0 Å². The van der Waals surface area contributed by atoms with Crippen molar-refractivity contribution in [2.24, 2.45) is 16.7 Å². The van der Waals surface area contributed by atoms with Crippen LogP contribution in [0.4, 0.5) is 0 Å². The Labute approximate surface area is 152 Å². The average Bonchev–Trinajstić information content (AvgIpc) is 2.99. The molecule has 4 heteroatoms. The van der Waals surface area contributed by atoms with E-state index in [1.165, 1.54) is 18.6 Å². The third kappa shape index (κ3) is 5.59. The summed E-state index contributed by atoms with van der Waals surface area (Å²) in [5.41, 5.74) is 0.850. The third-order valence-electron chi connectivity index (χ3n) is 4.85. The molecule has 0 radical (unpaired) electrons. The summed E-state index contributed by atoms with van der Waals surface area (Å²) in [5, 5.41) is 4.64. The molecule has 1 N–H and O–H groups in total. The van der Waals surface area contributed by atoms with Crippen molar-refractivity contribution in [1.82, 2.24) is 5.32 Å². The number of thioether (sulfide) groups is 2. The average molecular weight is 360 g/mol. The topological polar surface area (TPSA) is 29.1 Å². The van der Waals surface area contributed by atoms with Crippen LogP contribution in [0.1, 0.15) is 68.2 Å². The van der Waals surface area contributed by atoms with Crippen molar-refractivity contribution in [2.45, 2.75) is 84.8 Å². The van der Waals surface area contributed by atoms with Gasteiger partial charge in [-0.3, -0.25) is 4.79 Å². The van der Waals surface area contributed by atoms with Crippen LogP contribution >= 0.6 is 23.5 Å². The van der Waals surface area contributed by atoms with E-state index in [4.69, 9.17) is 0 Å². The van der Waals surface area contributed by atoms with E-state index < -0.39 is 0 Å². The van der Waals surface area contributed by atoms with Gasteiger partial charge in [0.15, 0.2) is 0 Å². The highest BCUT2D eigenvalue weighted by Crippen LogP contribution is 2.45. The van der Waals surface area contributed by atoms with Crippen LogP contribution in [-0.4, -0.2) is 34.0 Å². The Morgan fingerprint density at radius 1 is 1.04 bits per heavy atom. The van der Waals surface area contributed by atoms with E-state index in [2.05, 4.69) is 58.6 Å². The molecule has 0 saturated carbocycles. The van der Waals surface area contributed by atoms with Gasteiger partial charge in [-0.15, -0.1) is 0 Å². The summed E-state index contributed by atoms with van der Waals surface area (Å²) in [5.74, 6) is 3.40. The van der Waals surface area contributed by atoms with Crippen molar-refractivity contribution in [3.05, 3.63) is 0 Å². The van der Waals surface area contributed by atoms with Crippen LogP contribution in [0.5, 0.6) is 0 Å². The molecule has 3 aliphatic heterocycles. The van der Waals surface area contributed by atoms with E-state index >= 15 is 0 Å². The molecule has 0 aromatic carbocycles. The van der Waals surface area contributed by atoms with Gasteiger partial charge in [-0.2, -0.15) is 23.5 Å². The fourth-order valence-corrected chi connectivity index (χ4v) is 6.82. The zero-order chi connectivity index (χ0) is 16.5. The lowest BCUT2D eigenvalue weighted by Crippen LogP contribution is -2.41. The number of hydrogen-bond acceptors (Lipinski definition) is 3. The molecule has 3 rings (SSSR count). The molecular weight excluding hydrogens is 322 g/mol. The van der Waals surface area contributed by atoms with E-state index in [1.54, 1.807) is 0 Å². The number of hydrogen-bond donors (Lipinski definition) is 1. The summed E-state index contributed by atoms with van der Waals surface area (Å²) in [7, 11) is 0. The molecule has 4 atom stereocenters. The molecule has 23 heavy (non-hydrogen) atoms.